The van der Waals surface area contributed by atoms with E-state index in [2.05, 4.69) is 44.3 Å². The van der Waals surface area contributed by atoms with Gasteiger partial charge in [0.15, 0.2) is 0 Å². The second kappa shape index (κ2) is 5.82. The Labute approximate surface area is 158 Å². The third-order valence-corrected chi connectivity index (χ3v) is 9.49. The molecule has 2 aliphatic heterocycles. The van der Waals surface area contributed by atoms with Gasteiger partial charge in [-0.2, -0.15) is 5.26 Å². The SMILES string of the molecule is CC(CC#N)C1CCC2C3CC[C@H]4NC5OC5C=CC4(C)C3CCC12C. The Hall–Kier alpha value is -0.850. The molecule has 2 heterocycles. The van der Waals surface area contributed by atoms with Gasteiger partial charge in [-0.05, 0) is 73.5 Å². The summed E-state index contributed by atoms with van der Waals surface area (Å²) in [5.41, 5.74) is 0.755. The van der Waals surface area contributed by atoms with Crippen molar-refractivity contribution in [1.82, 2.24) is 5.32 Å². The van der Waals surface area contributed by atoms with Gasteiger partial charge in [0.05, 0.1) is 6.07 Å². The van der Waals surface area contributed by atoms with Crippen molar-refractivity contribution in [2.45, 2.75) is 84.1 Å². The Kier molecular flexibility index (Phi) is 3.87. The van der Waals surface area contributed by atoms with Gasteiger partial charge in [-0.25, -0.2) is 0 Å². The Balaban J connectivity index is 1.42. The fourth-order valence-electron chi connectivity index (χ4n) is 8.06. The highest BCUT2D eigenvalue weighted by molar-refractivity contribution is 5.20. The zero-order chi connectivity index (χ0) is 18.1. The highest BCUT2D eigenvalue weighted by Gasteiger charge is 2.60. The Morgan fingerprint density at radius 2 is 2.04 bits per heavy atom. The molecule has 0 spiro atoms. The average Bonchev–Trinajstić information content (AvgIpc) is 3.28. The van der Waals surface area contributed by atoms with Crippen molar-refractivity contribution in [3.05, 3.63) is 12.2 Å². The Bertz CT molecular complexity index is 653. The fourth-order valence-corrected chi connectivity index (χ4v) is 8.06. The molecule has 9 unspecified atom stereocenters. The molecule has 1 saturated heterocycles. The molecule has 0 aromatic rings. The van der Waals surface area contributed by atoms with Crippen molar-refractivity contribution in [2.75, 3.05) is 0 Å². The molecule has 0 bridgehead atoms. The maximum Gasteiger partial charge on any atom is 0.139 e. The molecule has 0 amide bonds. The average molecular weight is 355 g/mol. The summed E-state index contributed by atoms with van der Waals surface area (Å²) < 4.78 is 5.71. The highest BCUT2D eigenvalue weighted by Crippen LogP contribution is 2.66. The fraction of sp³-hybridized carbons (Fsp3) is 0.870. The lowest BCUT2D eigenvalue weighted by atomic mass is 9.47. The minimum atomic E-state index is 0.283. The highest BCUT2D eigenvalue weighted by atomic mass is 16.6. The molecule has 3 heteroatoms. The van der Waals surface area contributed by atoms with E-state index in [-0.39, 0.29) is 11.6 Å². The van der Waals surface area contributed by atoms with E-state index in [0.29, 0.717) is 23.5 Å². The van der Waals surface area contributed by atoms with Gasteiger partial charge < -0.3 is 4.74 Å². The van der Waals surface area contributed by atoms with Crippen LogP contribution in [-0.4, -0.2) is 18.4 Å². The van der Waals surface area contributed by atoms with Crippen molar-refractivity contribution < 1.29 is 4.74 Å². The topological polar surface area (TPSA) is 48.4 Å². The van der Waals surface area contributed by atoms with Gasteiger partial charge in [0.1, 0.15) is 12.3 Å². The molecular formula is C23H34N2O. The molecule has 0 aromatic carbocycles. The molecule has 142 valence electrons. The molecule has 4 fully saturated rings. The van der Waals surface area contributed by atoms with Crippen LogP contribution in [0.2, 0.25) is 0 Å². The number of epoxide rings is 1. The van der Waals surface area contributed by atoms with Crippen molar-refractivity contribution in [2.24, 2.45) is 40.4 Å². The normalized spacial score (nSPS) is 55.5. The lowest BCUT2D eigenvalue weighted by molar-refractivity contribution is -0.0716. The number of hydrogen-bond acceptors (Lipinski definition) is 3. The maximum absolute atomic E-state index is 9.20. The number of nitrogens with zero attached hydrogens (tertiary/aromatic N) is 1. The summed E-state index contributed by atoms with van der Waals surface area (Å²) in [6, 6.07) is 3.02. The molecule has 3 aliphatic carbocycles. The smallest absolute Gasteiger partial charge is 0.139 e. The minimum Gasteiger partial charge on any atom is -0.349 e. The van der Waals surface area contributed by atoms with Crippen LogP contribution >= 0.6 is 0 Å². The first-order valence-corrected chi connectivity index (χ1v) is 10.9. The molecule has 5 aliphatic rings. The summed E-state index contributed by atoms with van der Waals surface area (Å²) in [5.74, 6) is 3.86. The van der Waals surface area contributed by atoms with Crippen molar-refractivity contribution >= 4 is 0 Å². The van der Waals surface area contributed by atoms with Gasteiger partial charge in [-0.1, -0.05) is 32.9 Å². The van der Waals surface area contributed by atoms with E-state index in [9.17, 15) is 5.26 Å². The predicted octanol–water partition coefficient (Wildman–Crippen LogP) is 4.65. The quantitative estimate of drug-likeness (QED) is 0.580. The van der Waals surface area contributed by atoms with E-state index >= 15 is 0 Å². The zero-order valence-electron chi connectivity index (χ0n) is 16.6. The van der Waals surface area contributed by atoms with E-state index in [1.54, 1.807) is 0 Å². The lowest BCUT2D eigenvalue weighted by Gasteiger charge is -2.58. The molecule has 3 nitrogen and oxygen atoms in total. The van der Waals surface area contributed by atoms with E-state index < -0.39 is 0 Å². The first-order chi connectivity index (χ1) is 12.5. The molecule has 3 saturated carbocycles. The molecule has 0 radical (unpaired) electrons. The third kappa shape index (κ3) is 2.31. The number of nitrogens with one attached hydrogen (secondary N) is 1. The summed E-state index contributed by atoms with van der Waals surface area (Å²) in [7, 11) is 0. The second-order valence-corrected chi connectivity index (χ2v) is 10.5. The molecular weight excluding hydrogens is 320 g/mol. The Morgan fingerprint density at radius 3 is 2.85 bits per heavy atom. The molecule has 26 heavy (non-hydrogen) atoms. The third-order valence-electron chi connectivity index (χ3n) is 9.49. The second-order valence-electron chi connectivity index (χ2n) is 10.5. The van der Waals surface area contributed by atoms with Gasteiger partial charge in [0.2, 0.25) is 0 Å². The number of rotatable bonds is 2. The van der Waals surface area contributed by atoms with E-state index in [1.807, 2.05) is 0 Å². The van der Waals surface area contributed by atoms with Gasteiger partial charge in [-0.3, -0.25) is 5.32 Å². The van der Waals surface area contributed by atoms with Crippen LogP contribution < -0.4 is 5.32 Å². The maximum atomic E-state index is 9.20. The van der Waals surface area contributed by atoms with Gasteiger partial charge in [0, 0.05) is 17.9 Å². The van der Waals surface area contributed by atoms with Gasteiger partial charge >= 0.3 is 0 Å². The number of ether oxygens (including phenoxy) is 1. The Morgan fingerprint density at radius 1 is 1.19 bits per heavy atom. The predicted molar refractivity (Wildman–Crippen MR) is 102 cm³/mol. The van der Waals surface area contributed by atoms with Gasteiger partial charge in [-0.15, -0.1) is 0 Å². The molecule has 5 rings (SSSR count). The van der Waals surface area contributed by atoms with Crippen molar-refractivity contribution in [1.29, 1.82) is 5.26 Å². The van der Waals surface area contributed by atoms with Crippen LogP contribution in [0.3, 0.4) is 0 Å². The summed E-state index contributed by atoms with van der Waals surface area (Å²) in [6.45, 7) is 7.43. The van der Waals surface area contributed by atoms with Crippen LogP contribution in [-0.2, 0) is 4.74 Å². The van der Waals surface area contributed by atoms with Crippen LogP contribution in [0.15, 0.2) is 12.2 Å². The van der Waals surface area contributed by atoms with Crippen LogP contribution in [0.1, 0.15) is 65.7 Å². The van der Waals surface area contributed by atoms with Crippen molar-refractivity contribution in [3.8, 4) is 6.07 Å². The minimum absolute atomic E-state index is 0.283. The molecule has 1 N–H and O–H groups in total. The number of fused-ring (bicyclic) bond motifs is 6. The zero-order valence-corrected chi connectivity index (χ0v) is 16.6. The van der Waals surface area contributed by atoms with Crippen LogP contribution in [0.4, 0.5) is 0 Å². The lowest BCUT2D eigenvalue weighted by Crippen LogP contribution is -2.57. The summed E-state index contributed by atoms with van der Waals surface area (Å²) in [6.07, 6.45) is 14.4. The van der Waals surface area contributed by atoms with Crippen LogP contribution in [0.25, 0.3) is 0 Å². The monoisotopic (exact) mass is 354 g/mol. The van der Waals surface area contributed by atoms with Crippen molar-refractivity contribution in [3.63, 3.8) is 0 Å². The largest absolute Gasteiger partial charge is 0.349 e. The standard InChI is InChI=1S/C23H34N2O/c1-14(10-13-24)16-5-6-17-15-4-7-20-23(3,12-9-19-21(25-20)26-19)18(15)8-11-22(16,17)2/h9,12,14-21,25H,4-8,10-11H2,1-3H3/t14?,15?,16?,17?,18?,19?,20-,21?,22?,23?/m1/s1. The van der Waals surface area contributed by atoms with E-state index in [0.717, 1.165) is 30.1 Å². The van der Waals surface area contributed by atoms with Gasteiger partial charge in [0.25, 0.3) is 0 Å². The number of nitriles is 1. The first kappa shape index (κ1) is 17.3. The van der Waals surface area contributed by atoms with Crippen LogP contribution in [0, 0.1) is 51.8 Å². The molecule has 0 aromatic heterocycles. The van der Waals surface area contributed by atoms with E-state index in [1.165, 1.54) is 38.5 Å². The van der Waals surface area contributed by atoms with Crippen LogP contribution in [0.5, 0.6) is 0 Å². The number of hydrogen-bond donors (Lipinski definition) is 1. The summed E-state index contributed by atoms with van der Waals surface area (Å²) in [4.78, 5) is 0. The van der Waals surface area contributed by atoms with E-state index in [4.69, 9.17) is 4.74 Å². The summed E-state index contributed by atoms with van der Waals surface area (Å²) >= 11 is 0. The first-order valence-electron chi connectivity index (χ1n) is 10.9. The molecule has 10 atom stereocenters. The summed E-state index contributed by atoms with van der Waals surface area (Å²) in [5, 5.41) is 13.0.